The van der Waals surface area contributed by atoms with Crippen molar-refractivity contribution in [3.8, 4) is 11.6 Å². The smallest absolute Gasteiger partial charge is 0.338 e. The first-order valence-corrected chi connectivity index (χ1v) is 6.16. The fraction of sp³-hybridized carbons (Fsp3) is 0.0769. The Bertz CT molecular complexity index is 596. The van der Waals surface area contributed by atoms with Crippen LogP contribution < -0.4 is 10.5 Å². The van der Waals surface area contributed by atoms with Crippen molar-refractivity contribution < 1.29 is 14.3 Å². The van der Waals surface area contributed by atoms with Crippen molar-refractivity contribution in [3.05, 3.63) is 46.6 Å². The van der Waals surface area contributed by atoms with E-state index in [1.807, 2.05) is 0 Å². The van der Waals surface area contributed by atoms with E-state index in [1.165, 1.54) is 19.4 Å². The molecule has 0 saturated heterocycles. The Kier molecular flexibility index (Phi) is 4.01. The maximum absolute atomic E-state index is 11.4. The largest absolute Gasteiger partial charge is 0.465 e. The van der Waals surface area contributed by atoms with Crippen LogP contribution in [0.1, 0.15) is 10.4 Å². The Labute approximate surface area is 118 Å². The lowest BCUT2D eigenvalue weighted by Crippen LogP contribution is -2.01. The molecule has 0 atom stereocenters. The molecule has 1 heterocycles. The Morgan fingerprint density at radius 2 is 2.11 bits per heavy atom. The zero-order chi connectivity index (χ0) is 13.8. The first-order valence-electron chi connectivity index (χ1n) is 5.37. The van der Waals surface area contributed by atoms with Crippen LogP contribution in [-0.2, 0) is 4.74 Å². The van der Waals surface area contributed by atoms with Crippen molar-refractivity contribution in [2.75, 3.05) is 12.8 Å². The van der Waals surface area contributed by atoms with E-state index in [2.05, 4.69) is 25.7 Å². The molecule has 1 aromatic carbocycles. The molecule has 5 nitrogen and oxygen atoms in total. The van der Waals surface area contributed by atoms with E-state index in [0.717, 1.165) is 4.47 Å². The van der Waals surface area contributed by atoms with Crippen molar-refractivity contribution >= 4 is 27.6 Å². The molecule has 0 saturated carbocycles. The normalized spacial score (nSPS) is 10.0. The number of carbonyl (C=O) groups is 1. The molecule has 1 aromatic heterocycles. The van der Waals surface area contributed by atoms with Gasteiger partial charge in [0, 0.05) is 28.5 Å². The number of hydrogen-bond acceptors (Lipinski definition) is 5. The van der Waals surface area contributed by atoms with Crippen molar-refractivity contribution in [2.45, 2.75) is 0 Å². The van der Waals surface area contributed by atoms with Crippen LogP contribution in [0.3, 0.4) is 0 Å². The third-order valence-electron chi connectivity index (χ3n) is 2.27. The van der Waals surface area contributed by atoms with E-state index < -0.39 is 5.97 Å². The average molecular weight is 323 g/mol. The number of halogens is 1. The van der Waals surface area contributed by atoms with E-state index in [-0.39, 0.29) is 0 Å². The summed E-state index contributed by atoms with van der Waals surface area (Å²) in [7, 11) is 1.32. The molecule has 19 heavy (non-hydrogen) atoms. The monoisotopic (exact) mass is 322 g/mol. The van der Waals surface area contributed by atoms with E-state index in [4.69, 9.17) is 10.5 Å². The van der Waals surface area contributed by atoms with Crippen LogP contribution in [0.15, 0.2) is 41.0 Å². The third-order valence-corrected chi connectivity index (χ3v) is 2.73. The van der Waals surface area contributed by atoms with E-state index in [1.54, 1.807) is 24.3 Å². The minimum atomic E-state index is -0.444. The predicted molar refractivity (Wildman–Crippen MR) is 74.2 cm³/mol. The van der Waals surface area contributed by atoms with Crippen LogP contribution in [0, 0.1) is 0 Å². The van der Waals surface area contributed by atoms with Crippen LogP contribution in [0.5, 0.6) is 11.6 Å². The quantitative estimate of drug-likeness (QED) is 0.694. The number of aromatic nitrogens is 1. The highest BCUT2D eigenvalue weighted by atomic mass is 79.9. The van der Waals surface area contributed by atoms with Crippen molar-refractivity contribution in [2.24, 2.45) is 0 Å². The van der Waals surface area contributed by atoms with Gasteiger partial charge < -0.3 is 15.2 Å². The first-order chi connectivity index (χ1) is 9.08. The lowest BCUT2D eigenvalue weighted by atomic mass is 10.2. The Hall–Kier alpha value is -2.08. The zero-order valence-electron chi connectivity index (χ0n) is 10.1. The Morgan fingerprint density at radius 1 is 1.32 bits per heavy atom. The fourth-order valence-corrected chi connectivity index (χ4v) is 1.96. The van der Waals surface area contributed by atoms with Crippen molar-refractivity contribution in [1.29, 1.82) is 0 Å². The van der Waals surface area contributed by atoms with Crippen LogP contribution in [0.4, 0.5) is 5.69 Å². The second kappa shape index (κ2) is 5.71. The molecule has 98 valence electrons. The zero-order valence-corrected chi connectivity index (χ0v) is 11.7. The van der Waals surface area contributed by atoms with Gasteiger partial charge in [0.05, 0.1) is 12.7 Å². The van der Waals surface area contributed by atoms with Gasteiger partial charge in [0.15, 0.2) is 0 Å². The minimum Gasteiger partial charge on any atom is -0.465 e. The second-order valence-corrected chi connectivity index (χ2v) is 4.61. The van der Waals surface area contributed by atoms with Crippen LogP contribution >= 0.6 is 15.9 Å². The van der Waals surface area contributed by atoms with Gasteiger partial charge in [-0.15, -0.1) is 0 Å². The highest BCUT2D eigenvalue weighted by molar-refractivity contribution is 9.10. The summed E-state index contributed by atoms with van der Waals surface area (Å²) in [5, 5.41) is 0. The molecule has 0 aliphatic heterocycles. The highest BCUT2D eigenvalue weighted by Gasteiger charge is 2.08. The number of rotatable bonds is 3. The lowest BCUT2D eigenvalue weighted by molar-refractivity contribution is 0.0600. The molecule has 0 aliphatic carbocycles. The van der Waals surface area contributed by atoms with Gasteiger partial charge >= 0.3 is 5.97 Å². The summed E-state index contributed by atoms with van der Waals surface area (Å²) in [4.78, 5) is 15.4. The van der Waals surface area contributed by atoms with Gasteiger partial charge in [-0.1, -0.05) is 15.9 Å². The predicted octanol–water partition coefficient (Wildman–Crippen LogP) is 3.01. The number of ether oxygens (including phenoxy) is 2. The number of nitrogens with two attached hydrogens (primary N) is 1. The van der Waals surface area contributed by atoms with Crippen LogP contribution in [0.2, 0.25) is 0 Å². The Morgan fingerprint density at radius 3 is 2.79 bits per heavy atom. The molecule has 0 unspecified atom stereocenters. The number of pyridine rings is 1. The minimum absolute atomic E-state index is 0.292. The average Bonchev–Trinajstić information content (AvgIpc) is 2.37. The van der Waals surface area contributed by atoms with Gasteiger partial charge in [-0.05, 0) is 18.2 Å². The van der Waals surface area contributed by atoms with E-state index in [9.17, 15) is 4.79 Å². The molecule has 0 fully saturated rings. The van der Waals surface area contributed by atoms with Crippen molar-refractivity contribution in [3.63, 3.8) is 0 Å². The van der Waals surface area contributed by atoms with E-state index in [0.29, 0.717) is 22.9 Å². The second-order valence-electron chi connectivity index (χ2n) is 3.70. The lowest BCUT2D eigenvalue weighted by Gasteiger charge is -2.07. The number of carbonyl (C=O) groups excluding carboxylic acids is 1. The van der Waals surface area contributed by atoms with Gasteiger partial charge in [-0.2, -0.15) is 0 Å². The number of anilines is 1. The van der Waals surface area contributed by atoms with Gasteiger partial charge in [0.2, 0.25) is 5.88 Å². The number of hydrogen-bond donors (Lipinski definition) is 1. The number of nitrogen functional groups attached to an aromatic ring is 1. The number of methoxy groups -OCH3 is 1. The molecule has 2 N–H and O–H groups in total. The molecule has 6 heteroatoms. The topological polar surface area (TPSA) is 74.4 Å². The molecule has 0 bridgehead atoms. The summed E-state index contributed by atoms with van der Waals surface area (Å²) in [6.07, 6.45) is 1.48. The molecule has 0 amide bonds. The van der Waals surface area contributed by atoms with Crippen LogP contribution in [-0.4, -0.2) is 18.1 Å². The van der Waals surface area contributed by atoms with Crippen molar-refractivity contribution in [1.82, 2.24) is 4.98 Å². The number of benzene rings is 1. The Balaban J connectivity index is 2.25. The molecule has 2 aromatic rings. The summed E-state index contributed by atoms with van der Waals surface area (Å²) in [5.41, 5.74) is 6.64. The standard InChI is InChI=1S/C13H11BrN2O3/c1-18-13(17)8-2-3-16-12(4-8)19-11-6-9(14)5-10(15)7-11/h2-7H,15H2,1H3. The summed E-state index contributed by atoms with van der Waals surface area (Å²) in [6, 6.07) is 8.22. The molecule has 0 aliphatic rings. The maximum Gasteiger partial charge on any atom is 0.338 e. The summed E-state index contributed by atoms with van der Waals surface area (Å²) < 4.78 is 11.0. The highest BCUT2D eigenvalue weighted by Crippen LogP contribution is 2.26. The molecule has 0 radical (unpaired) electrons. The summed E-state index contributed by atoms with van der Waals surface area (Å²) in [6.45, 7) is 0. The van der Waals surface area contributed by atoms with Gasteiger partial charge in [0.25, 0.3) is 0 Å². The number of nitrogens with zero attached hydrogens (tertiary/aromatic N) is 1. The van der Waals surface area contributed by atoms with Gasteiger partial charge in [-0.25, -0.2) is 9.78 Å². The van der Waals surface area contributed by atoms with Gasteiger partial charge in [0.1, 0.15) is 5.75 Å². The number of esters is 1. The van der Waals surface area contributed by atoms with Gasteiger partial charge in [-0.3, -0.25) is 0 Å². The molecule has 2 rings (SSSR count). The summed E-state index contributed by atoms with van der Waals surface area (Å²) in [5.74, 6) is 0.378. The third kappa shape index (κ3) is 3.45. The van der Waals surface area contributed by atoms with Crippen LogP contribution in [0.25, 0.3) is 0 Å². The molecule has 0 spiro atoms. The molecular weight excluding hydrogens is 312 g/mol. The maximum atomic E-state index is 11.4. The first kappa shape index (κ1) is 13.4. The van der Waals surface area contributed by atoms with E-state index >= 15 is 0 Å². The SMILES string of the molecule is COC(=O)c1ccnc(Oc2cc(N)cc(Br)c2)c1. The molecular formula is C13H11BrN2O3. The fourth-order valence-electron chi connectivity index (χ4n) is 1.47. The summed E-state index contributed by atoms with van der Waals surface area (Å²) >= 11 is 3.32.